The van der Waals surface area contributed by atoms with Crippen molar-refractivity contribution in [3.63, 3.8) is 0 Å². The Balaban J connectivity index is 1.50. The summed E-state index contributed by atoms with van der Waals surface area (Å²) in [4.78, 5) is 37.1. The van der Waals surface area contributed by atoms with Crippen LogP contribution in [0.4, 0.5) is 15.9 Å². The van der Waals surface area contributed by atoms with Gasteiger partial charge in [0.15, 0.2) is 5.16 Å². The molecule has 198 valence electrons. The Morgan fingerprint density at radius 1 is 1.05 bits per heavy atom. The molecule has 11 heteroatoms. The van der Waals surface area contributed by atoms with Gasteiger partial charge < -0.3 is 20.9 Å². The minimum atomic E-state index is -1.83. The van der Waals surface area contributed by atoms with E-state index in [4.69, 9.17) is 17.3 Å². The fourth-order valence-electron chi connectivity index (χ4n) is 5.27. The number of carbonyl (C=O) groups excluding carboxylic acids is 1. The molecular formula is C29H20ClFN6O2S. The van der Waals surface area contributed by atoms with Gasteiger partial charge in [0.2, 0.25) is 5.91 Å². The van der Waals surface area contributed by atoms with Gasteiger partial charge in [-0.25, -0.2) is 9.37 Å². The van der Waals surface area contributed by atoms with Crippen molar-refractivity contribution in [1.82, 2.24) is 9.97 Å². The van der Waals surface area contributed by atoms with E-state index in [0.717, 1.165) is 11.8 Å². The number of hydrogen-bond donors (Lipinski definition) is 3. The number of anilines is 2. The Kier molecular flexibility index (Phi) is 6.33. The molecule has 2 aliphatic rings. The van der Waals surface area contributed by atoms with Gasteiger partial charge in [-0.15, -0.1) is 0 Å². The second kappa shape index (κ2) is 9.86. The topological polar surface area (TPSA) is 128 Å². The molecular weight excluding hydrogens is 551 g/mol. The summed E-state index contributed by atoms with van der Waals surface area (Å²) in [6.07, 6.45) is 0. The summed E-state index contributed by atoms with van der Waals surface area (Å²) in [6, 6.07) is 22.5. The van der Waals surface area contributed by atoms with E-state index in [-0.39, 0.29) is 46.0 Å². The van der Waals surface area contributed by atoms with E-state index >= 15 is 0 Å². The normalized spacial score (nSPS) is 17.4. The fourth-order valence-corrected chi connectivity index (χ4v) is 6.31. The summed E-state index contributed by atoms with van der Waals surface area (Å²) in [5, 5.41) is 13.8. The number of rotatable bonds is 5. The van der Waals surface area contributed by atoms with Gasteiger partial charge >= 0.3 is 0 Å². The summed E-state index contributed by atoms with van der Waals surface area (Å²) >= 11 is 7.55. The van der Waals surface area contributed by atoms with Crippen LogP contribution in [0.2, 0.25) is 5.02 Å². The number of aromatic amines is 1. The van der Waals surface area contributed by atoms with Crippen molar-refractivity contribution in [2.24, 2.45) is 5.73 Å². The Labute approximate surface area is 237 Å². The fraction of sp³-hybridized carbons (Fsp3) is 0.103. The summed E-state index contributed by atoms with van der Waals surface area (Å²) in [7, 11) is 0. The zero-order valence-electron chi connectivity index (χ0n) is 20.7. The highest BCUT2D eigenvalue weighted by atomic mass is 35.5. The van der Waals surface area contributed by atoms with Crippen molar-refractivity contribution in [3.05, 3.63) is 128 Å². The molecule has 1 spiro atoms. The number of carbonyl (C=O) groups is 1. The lowest BCUT2D eigenvalue weighted by atomic mass is 9.69. The first kappa shape index (κ1) is 25.7. The average Bonchev–Trinajstić information content (AvgIpc) is 3.17. The van der Waals surface area contributed by atoms with Gasteiger partial charge in [-0.3, -0.25) is 9.59 Å². The minimum absolute atomic E-state index is 0.0346. The SMILES string of the molecule is N#CC1=C(N)Nc2nc(SCc3ccccc3F)[nH]c(=O)c2[C@@]12C(=O)N(Cc1ccccc1Cl)c1ccccc12. The molecule has 0 unspecified atom stereocenters. The number of amides is 1. The smallest absolute Gasteiger partial charge is 0.258 e. The van der Waals surface area contributed by atoms with Crippen LogP contribution in [0, 0.1) is 17.1 Å². The standard InChI is InChI=1S/C29H20ClFN6O2S/c30-20-10-4-1-7-16(20)14-37-22-12-6-3-9-18(22)29(27(37)39)19(13-32)24(33)34-25-23(29)26(38)36-28(35-25)40-15-17-8-2-5-11-21(17)31/h1-12H,14-15,33H2,(H2,34,35,36,38)/t29-/m0/s1. The van der Waals surface area contributed by atoms with Crippen LogP contribution in [0.15, 0.2) is 94.1 Å². The number of thioether (sulfide) groups is 1. The van der Waals surface area contributed by atoms with Crippen molar-refractivity contribution in [3.8, 4) is 6.07 Å². The van der Waals surface area contributed by atoms with E-state index in [1.165, 1.54) is 11.0 Å². The zero-order valence-corrected chi connectivity index (χ0v) is 22.3. The molecule has 1 atom stereocenters. The van der Waals surface area contributed by atoms with Crippen molar-refractivity contribution in [2.45, 2.75) is 22.9 Å². The first-order chi connectivity index (χ1) is 19.4. The molecule has 3 heterocycles. The van der Waals surface area contributed by atoms with Crippen molar-refractivity contribution in [2.75, 3.05) is 10.2 Å². The molecule has 0 radical (unpaired) electrons. The number of halogens is 2. The summed E-state index contributed by atoms with van der Waals surface area (Å²) in [5.74, 6) is -0.707. The third kappa shape index (κ3) is 3.86. The van der Waals surface area contributed by atoms with E-state index in [1.54, 1.807) is 54.6 Å². The van der Waals surface area contributed by atoms with Crippen molar-refractivity contribution in [1.29, 1.82) is 5.26 Å². The maximum absolute atomic E-state index is 14.5. The summed E-state index contributed by atoms with van der Waals surface area (Å²) in [6.45, 7) is 0.112. The number of nitrogens with zero attached hydrogens (tertiary/aromatic N) is 3. The maximum atomic E-state index is 14.5. The highest BCUT2D eigenvalue weighted by Gasteiger charge is 2.60. The van der Waals surface area contributed by atoms with Crippen LogP contribution in [0.1, 0.15) is 22.3 Å². The van der Waals surface area contributed by atoms with E-state index < -0.39 is 16.9 Å². The van der Waals surface area contributed by atoms with Crippen LogP contribution in [-0.4, -0.2) is 15.9 Å². The lowest BCUT2D eigenvalue weighted by Crippen LogP contribution is -2.49. The molecule has 3 aromatic carbocycles. The maximum Gasteiger partial charge on any atom is 0.258 e. The molecule has 1 amide bonds. The summed E-state index contributed by atoms with van der Waals surface area (Å²) in [5.41, 5.74) is 5.86. The molecule has 0 fully saturated rings. The third-order valence-electron chi connectivity index (χ3n) is 7.06. The predicted octanol–water partition coefficient (Wildman–Crippen LogP) is 4.81. The second-order valence-electron chi connectivity index (χ2n) is 9.25. The van der Waals surface area contributed by atoms with Gasteiger partial charge in [-0.05, 0) is 29.3 Å². The molecule has 0 saturated carbocycles. The van der Waals surface area contributed by atoms with Gasteiger partial charge in [0.25, 0.3) is 5.56 Å². The monoisotopic (exact) mass is 570 g/mol. The number of para-hydroxylation sites is 1. The van der Waals surface area contributed by atoms with Gasteiger partial charge in [0.1, 0.15) is 28.9 Å². The molecule has 0 bridgehead atoms. The third-order valence-corrected chi connectivity index (χ3v) is 8.35. The highest BCUT2D eigenvalue weighted by molar-refractivity contribution is 7.98. The highest BCUT2D eigenvalue weighted by Crippen LogP contribution is 2.53. The number of aromatic nitrogens is 2. The molecule has 4 aromatic rings. The van der Waals surface area contributed by atoms with Crippen LogP contribution in [0.25, 0.3) is 0 Å². The molecule has 0 aliphatic carbocycles. The van der Waals surface area contributed by atoms with E-state index in [2.05, 4.69) is 21.4 Å². The Morgan fingerprint density at radius 3 is 2.50 bits per heavy atom. The van der Waals surface area contributed by atoms with E-state index in [1.807, 2.05) is 12.1 Å². The van der Waals surface area contributed by atoms with Crippen LogP contribution in [0.5, 0.6) is 0 Å². The van der Waals surface area contributed by atoms with Gasteiger partial charge in [0, 0.05) is 22.0 Å². The molecule has 4 N–H and O–H groups in total. The summed E-state index contributed by atoms with van der Waals surface area (Å²) < 4.78 is 14.2. The van der Waals surface area contributed by atoms with Crippen molar-refractivity contribution < 1.29 is 9.18 Å². The van der Waals surface area contributed by atoms with Crippen LogP contribution < -0.4 is 21.5 Å². The van der Waals surface area contributed by atoms with Crippen LogP contribution >= 0.6 is 23.4 Å². The van der Waals surface area contributed by atoms with Crippen LogP contribution in [-0.2, 0) is 22.5 Å². The van der Waals surface area contributed by atoms with Gasteiger partial charge in [-0.1, -0.05) is 78.0 Å². The first-order valence-electron chi connectivity index (χ1n) is 12.2. The molecule has 1 aromatic heterocycles. The number of nitrogens with two attached hydrogens (primary N) is 1. The molecule has 0 saturated heterocycles. The largest absolute Gasteiger partial charge is 0.384 e. The zero-order chi connectivity index (χ0) is 28.0. The Hall–Kier alpha value is -4.59. The molecule has 6 rings (SSSR count). The molecule has 40 heavy (non-hydrogen) atoms. The Morgan fingerprint density at radius 2 is 1.75 bits per heavy atom. The number of benzene rings is 3. The minimum Gasteiger partial charge on any atom is -0.384 e. The molecule has 2 aliphatic heterocycles. The molecule has 8 nitrogen and oxygen atoms in total. The number of nitriles is 1. The lowest BCUT2D eigenvalue weighted by Gasteiger charge is -2.34. The Bertz CT molecular complexity index is 1830. The van der Waals surface area contributed by atoms with E-state index in [0.29, 0.717) is 27.4 Å². The van der Waals surface area contributed by atoms with Gasteiger partial charge in [-0.2, -0.15) is 5.26 Å². The van der Waals surface area contributed by atoms with Crippen LogP contribution in [0.3, 0.4) is 0 Å². The number of hydrogen-bond acceptors (Lipinski definition) is 7. The quantitative estimate of drug-likeness (QED) is 0.232. The van der Waals surface area contributed by atoms with E-state index in [9.17, 15) is 19.2 Å². The predicted molar refractivity (Wildman–Crippen MR) is 151 cm³/mol. The average molecular weight is 571 g/mol. The lowest BCUT2D eigenvalue weighted by molar-refractivity contribution is -0.120. The number of H-pyrrole nitrogens is 1. The second-order valence-corrected chi connectivity index (χ2v) is 10.6. The van der Waals surface area contributed by atoms with Crippen molar-refractivity contribution >= 4 is 40.8 Å². The number of fused-ring (bicyclic) bond motifs is 4. The van der Waals surface area contributed by atoms with Gasteiger partial charge in [0.05, 0.1) is 17.7 Å². The number of nitrogens with one attached hydrogen (secondary N) is 2. The first-order valence-corrected chi connectivity index (χ1v) is 13.6.